The zero-order chi connectivity index (χ0) is 28.9. The quantitative estimate of drug-likeness (QED) is 0.282. The highest BCUT2D eigenvalue weighted by atomic mass is 16.5. The molecule has 1 aliphatic heterocycles. The van der Waals surface area contributed by atoms with Gasteiger partial charge in [-0.25, -0.2) is 4.79 Å². The van der Waals surface area contributed by atoms with E-state index in [1.807, 2.05) is 53.4 Å². The Morgan fingerprint density at radius 3 is 2.66 bits per heavy atom. The zero-order valence-corrected chi connectivity index (χ0v) is 23.5. The summed E-state index contributed by atoms with van der Waals surface area (Å²) in [7, 11) is 0. The summed E-state index contributed by atoms with van der Waals surface area (Å²) in [6.45, 7) is 5.45. The molecule has 41 heavy (non-hydrogen) atoms. The van der Waals surface area contributed by atoms with Gasteiger partial charge in [-0.3, -0.25) is 9.59 Å². The summed E-state index contributed by atoms with van der Waals surface area (Å²) in [5.41, 5.74) is 7.46. The van der Waals surface area contributed by atoms with Gasteiger partial charge < -0.3 is 24.8 Å². The van der Waals surface area contributed by atoms with Gasteiger partial charge in [0.05, 0.1) is 13.0 Å². The molecule has 3 aromatic rings. The number of ether oxygens (including phenoxy) is 2. The Bertz CT molecular complexity index is 1450. The minimum absolute atomic E-state index is 0.0154. The van der Waals surface area contributed by atoms with Crippen molar-refractivity contribution in [1.29, 1.82) is 0 Å². The van der Waals surface area contributed by atoms with Crippen molar-refractivity contribution < 1.29 is 29.0 Å². The molecule has 0 bridgehead atoms. The molecule has 8 heteroatoms. The Labute approximate surface area is 240 Å². The van der Waals surface area contributed by atoms with Gasteiger partial charge >= 0.3 is 12.1 Å². The van der Waals surface area contributed by atoms with Crippen LogP contribution in [0.15, 0.2) is 60.7 Å². The zero-order valence-electron chi connectivity index (χ0n) is 23.5. The molecule has 5 rings (SSSR count). The third-order valence-corrected chi connectivity index (χ3v) is 7.95. The lowest BCUT2D eigenvalue weighted by Gasteiger charge is -2.31. The van der Waals surface area contributed by atoms with Crippen molar-refractivity contribution in [1.82, 2.24) is 5.32 Å². The molecule has 0 unspecified atom stereocenters. The van der Waals surface area contributed by atoms with Crippen molar-refractivity contribution in [2.75, 3.05) is 24.6 Å². The van der Waals surface area contributed by atoms with Crippen LogP contribution >= 0.6 is 0 Å². The maximum absolute atomic E-state index is 13.4. The van der Waals surface area contributed by atoms with Crippen molar-refractivity contribution in [2.24, 2.45) is 5.92 Å². The van der Waals surface area contributed by atoms with Crippen LogP contribution in [0.1, 0.15) is 53.9 Å². The van der Waals surface area contributed by atoms with Gasteiger partial charge in [0.1, 0.15) is 12.4 Å². The number of hydrogen-bond acceptors (Lipinski definition) is 5. The van der Waals surface area contributed by atoms with Crippen LogP contribution in [0.25, 0.3) is 11.1 Å². The Morgan fingerprint density at radius 1 is 1.02 bits per heavy atom. The number of rotatable bonds is 11. The molecule has 3 aromatic carbocycles. The number of aliphatic carboxylic acids is 1. The molecule has 2 atom stereocenters. The first-order valence-corrected chi connectivity index (χ1v) is 14.2. The maximum Gasteiger partial charge on any atom is 0.407 e. The minimum atomic E-state index is -0.982. The minimum Gasteiger partial charge on any atom is -0.493 e. The standard InChI is InChI=1S/C33H36N2O6/c1-21-7-3-12-29(22(21)2)40-16-6-13-30(36)35-19-25-18-27(25)32-26(10-5-11-28(32)35)24-9-4-8-23(17-24)20-41-33(39)34-15-14-31(37)38/h3-5,7-12,17,25,27H,6,13-16,18-20H2,1-2H3,(H,34,39)(H,37,38)/t25-,27-/m1/s1. The van der Waals surface area contributed by atoms with E-state index >= 15 is 0 Å². The second-order valence-electron chi connectivity index (χ2n) is 10.8. The van der Waals surface area contributed by atoms with E-state index < -0.39 is 12.1 Å². The van der Waals surface area contributed by atoms with Crippen molar-refractivity contribution in [2.45, 2.75) is 52.1 Å². The second kappa shape index (κ2) is 12.5. The van der Waals surface area contributed by atoms with Crippen LogP contribution in [0.4, 0.5) is 10.5 Å². The molecule has 1 aliphatic carbocycles. The predicted molar refractivity (Wildman–Crippen MR) is 156 cm³/mol. The summed E-state index contributed by atoms with van der Waals surface area (Å²) in [5.74, 6) is 0.925. The predicted octanol–water partition coefficient (Wildman–Crippen LogP) is 5.98. The summed E-state index contributed by atoms with van der Waals surface area (Å²) in [5, 5.41) is 11.2. The number of benzene rings is 3. The molecule has 2 amide bonds. The van der Waals surface area contributed by atoms with E-state index in [4.69, 9.17) is 14.6 Å². The number of amides is 2. The van der Waals surface area contributed by atoms with Crippen molar-refractivity contribution in [3.63, 3.8) is 0 Å². The first kappa shape index (κ1) is 28.2. The van der Waals surface area contributed by atoms with Crippen LogP contribution < -0.4 is 15.0 Å². The van der Waals surface area contributed by atoms with E-state index in [1.54, 1.807) is 0 Å². The fourth-order valence-electron chi connectivity index (χ4n) is 5.52. The van der Waals surface area contributed by atoms with Crippen LogP contribution in [0, 0.1) is 19.8 Å². The third kappa shape index (κ3) is 6.70. The molecule has 1 fully saturated rings. The highest BCUT2D eigenvalue weighted by molar-refractivity contribution is 5.97. The number of nitrogens with one attached hydrogen (secondary N) is 1. The van der Waals surface area contributed by atoms with Gasteiger partial charge in [0.2, 0.25) is 5.91 Å². The van der Waals surface area contributed by atoms with E-state index in [2.05, 4.69) is 31.3 Å². The fourth-order valence-corrected chi connectivity index (χ4v) is 5.52. The van der Waals surface area contributed by atoms with E-state index in [0.717, 1.165) is 46.7 Å². The average molecular weight is 557 g/mol. The lowest BCUT2D eigenvalue weighted by Crippen LogP contribution is -2.36. The number of carboxylic acids is 1. The van der Waals surface area contributed by atoms with E-state index in [1.165, 1.54) is 11.1 Å². The first-order valence-electron chi connectivity index (χ1n) is 14.2. The summed E-state index contributed by atoms with van der Waals surface area (Å²) in [4.78, 5) is 37.9. The van der Waals surface area contributed by atoms with Gasteiger partial charge in [-0.05, 0) is 90.1 Å². The van der Waals surface area contributed by atoms with Crippen molar-refractivity contribution >= 4 is 23.7 Å². The number of hydrogen-bond donors (Lipinski definition) is 2. The second-order valence-corrected chi connectivity index (χ2v) is 10.8. The SMILES string of the molecule is Cc1cccc(OCCCC(=O)N2C[C@H]3C[C@H]3c3c(-c4cccc(COC(=O)NCCC(=O)O)c4)cccc32)c1C. The molecular weight excluding hydrogens is 520 g/mol. The number of anilines is 1. The molecule has 0 spiro atoms. The number of fused-ring (bicyclic) bond motifs is 3. The lowest BCUT2D eigenvalue weighted by atomic mass is 9.91. The average Bonchev–Trinajstić information content (AvgIpc) is 3.75. The number of carbonyl (C=O) groups excluding carboxylic acids is 2. The Balaban J connectivity index is 1.24. The van der Waals surface area contributed by atoms with Gasteiger partial charge in [0.15, 0.2) is 0 Å². The molecule has 2 aliphatic rings. The molecule has 8 nitrogen and oxygen atoms in total. The fraction of sp³-hybridized carbons (Fsp3) is 0.364. The Kier molecular flexibility index (Phi) is 8.57. The van der Waals surface area contributed by atoms with Crippen molar-refractivity contribution in [3.05, 3.63) is 82.9 Å². The Morgan fingerprint density at radius 2 is 1.83 bits per heavy atom. The molecule has 0 aromatic heterocycles. The van der Waals surface area contributed by atoms with Crippen LogP contribution in [0.5, 0.6) is 5.75 Å². The highest BCUT2D eigenvalue weighted by Gasteiger charge is 2.47. The molecule has 1 saturated carbocycles. The summed E-state index contributed by atoms with van der Waals surface area (Å²) in [6.07, 6.45) is 1.34. The van der Waals surface area contributed by atoms with Crippen LogP contribution in [-0.4, -0.2) is 42.8 Å². The summed E-state index contributed by atoms with van der Waals surface area (Å²) >= 11 is 0. The Hall–Kier alpha value is -4.33. The monoisotopic (exact) mass is 556 g/mol. The van der Waals surface area contributed by atoms with Gasteiger partial charge in [-0.2, -0.15) is 0 Å². The molecule has 214 valence electrons. The number of carboxylic acid groups (broad SMARTS) is 1. The van der Waals surface area contributed by atoms with Gasteiger partial charge in [-0.1, -0.05) is 42.5 Å². The van der Waals surface area contributed by atoms with Crippen molar-refractivity contribution in [3.8, 4) is 16.9 Å². The van der Waals surface area contributed by atoms with Crippen LogP contribution in [0.2, 0.25) is 0 Å². The topological polar surface area (TPSA) is 105 Å². The van der Waals surface area contributed by atoms with Gasteiger partial charge in [-0.15, -0.1) is 0 Å². The number of nitrogens with zero attached hydrogens (tertiary/aromatic N) is 1. The van der Waals surface area contributed by atoms with E-state index in [9.17, 15) is 14.4 Å². The lowest BCUT2D eigenvalue weighted by molar-refractivity contribution is -0.136. The maximum atomic E-state index is 13.4. The molecule has 2 N–H and O–H groups in total. The molecule has 1 heterocycles. The number of aryl methyl sites for hydroxylation is 1. The smallest absolute Gasteiger partial charge is 0.407 e. The summed E-state index contributed by atoms with van der Waals surface area (Å²) in [6, 6.07) is 20.0. The third-order valence-electron chi connectivity index (χ3n) is 7.95. The van der Waals surface area contributed by atoms with Gasteiger partial charge in [0, 0.05) is 25.2 Å². The largest absolute Gasteiger partial charge is 0.493 e. The highest BCUT2D eigenvalue weighted by Crippen LogP contribution is 2.57. The van der Waals surface area contributed by atoms with E-state index in [0.29, 0.717) is 31.3 Å². The number of alkyl carbamates (subject to hydrolysis) is 1. The van der Waals surface area contributed by atoms with Crippen LogP contribution in [0.3, 0.4) is 0 Å². The number of carbonyl (C=O) groups is 3. The van der Waals surface area contributed by atoms with Crippen LogP contribution in [-0.2, 0) is 20.9 Å². The molecule has 0 radical (unpaired) electrons. The first-order chi connectivity index (χ1) is 19.8. The molecular formula is C33H36N2O6. The van der Waals surface area contributed by atoms with E-state index in [-0.39, 0.29) is 25.5 Å². The van der Waals surface area contributed by atoms with Gasteiger partial charge in [0.25, 0.3) is 0 Å². The normalized spacial score (nSPS) is 16.8. The summed E-state index contributed by atoms with van der Waals surface area (Å²) < 4.78 is 11.2. The molecule has 0 saturated heterocycles.